The SMILES string of the molecule is CCn1ncc(Br)c1C(=O)N1CCN(Cc2cccc(C)c2)CC1. The van der Waals surface area contributed by atoms with Crippen LogP contribution in [0.1, 0.15) is 28.5 Å². The number of amides is 1. The highest BCUT2D eigenvalue weighted by molar-refractivity contribution is 9.10. The van der Waals surface area contributed by atoms with E-state index >= 15 is 0 Å². The molecule has 1 amide bonds. The van der Waals surface area contributed by atoms with Crippen LogP contribution in [-0.2, 0) is 13.1 Å². The second-order valence-electron chi connectivity index (χ2n) is 6.21. The number of piperazine rings is 1. The first-order valence-electron chi connectivity index (χ1n) is 8.37. The Bertz CT molecular complexity index is 720. The molecule has 6 heteroatoms. The summed E-state index contributed by atoms with van der Waals surface area (Å²) >= 11 is 3.45. The number of hydrogen-bond donors (Lipinski definition) is 0. The summed E-state index contributed by atoms with van der Waals surface area (Å²) < 4.78 is 2.53. The summed E-state index contributed by atoms with van der Waals surface area (Å²) in [6.45, 7) is 9.07. The van der Waals surface area contributed by atoms with Gasteiger partial charge in [-0.1, -0.05) is 29.8 Å². The van der Waals surface area contributed by atoms with Crippen LogP contribution in [-0.4, -0.2) is 51.7 Å². The van der Waals surface area contributed by atoms with E-state index in [1.165, 1.54) is 11.1 Å². The van der Waals surface area contributed by atoms with Crippen molar-refractivity contribution in [2.24, 2.45) is 0 Å². The number of hydrogen-bond acceptors (Lipinski definition) is 3. The molecule has 0 saturated carbocycles. The normalized spacial score (nSPS) is 15.7. The van der Waals surface area contributed by atoms with Crippen LogP contribution in [0, 0.1) is 6.92 Å². The van der Waals surface area contributed by atoms with E-state index < -0.39 is 0 Å². The van der Waals surface area contributed by atoms with E-state index in [2.05, 4.69) is 57.1 Å². The molecule has 24 heavy (non-hydrogen) atoms. The average Bonchev–Trinajstić information content (AvgIpc) is 2.96. The summed E-state index contributed by atoms with van der Waals surface area (Å²) in [7, 11) is 0. The van der Waals surface area contributed by atoms with E-state index in [0.717, 1.165) is 37.2 Å². The van der Waals surface area contributed by atoms with E-state index in [-0.39, 0.29) is 5.91 Å². The van der Waals surface area contributed by atoms with Gasteiger partial charge in [0.25, 0.3) is 5.91 Å². The fourth-order valence-corrected chi connectivity index (χ4v) is 3.61. The molecule has 2 heterocycles. The van der Waals surface area contributed by atoms with Crippen molar-refractivity contribution in [2.45, 2.75) is 26.9 Å². The Labute approximate surface area is 151 Å². The zero-order chi connectivity index (χ0) is 17.1. The molecular weight excluding hydrogens is 368 g/mol. The smallest absolute Gasteiger partial charge is 0.273 e. The zero-order valence-electron chi connectivity index (χ0n) is 14.2. The third-order valence-corrected chi connectivity index (χ3v) is 5.03. The Kier molecular flexibility index (Phi) is 5.36. The van der Waals surface area contributed by atoms with E-state index in [0.29, 0.717) is 12.2 Å². The van der Waals surface area contributed by atoms with Crippen LogP contribution in [0.2, 0.25) is 0 Å². The maximum Gasteiger partial charge on any atom is 0.273 e. The molecule has 1 fully saturated rings. The Morgan fingerprint density at radius 1 is 1.25 bits per heavy atom. The van der Waals surface area contributed by atoms with Gasteiger partial charge in [0.1, 0.15) is 5.69 Å². The molecule has 0 N–H and O–H groups in total. The predicted molar refractivity (Wildman–Crippen MR) is 98.0 cm³/mol. The lowest BCUT2D eigenvalue weighted by Gasteiger charge is -2.34. The van der Waals surface area contributed by atoms with Crippen LogP contribution in [0.5, 0.6) is 0 Å². The predicted octanol–water partition coefficient (Wildman–Crippen LogP) is 2.93. The van der Waals surface area contributed by atoms with Crippen molar-refractivity contribution in [3.8, 4) is 0 Å². The fourth-order valence-electron chi connectivity index (χ4n) is 3.14. The third-order valence-electron chi connectivity index (χ3n) is 4.45. The summed E-state index contributed by atoms with van der Waals surface area (Å²) in [5.74, 6) is 0.0661. The molecule has 0 unspecified atom stereocenters. The Morgan fingerprint density at radius 2 is 2.00 bits per heavy atom. The standard InChI is InChI=1S/C18H23BrN4O/c1-3-23-17(16(19)12-20-23)18(24)22-9-7-21(8-10-22)13-15-6-4-5-14(2)11-15/h4-6,11-12H,3,7-10,13H2,1-2H3. The monoisotopic (exact) mass is 390 g/mol. The van der Waals surface area contributed by atoms with Crippen LogP contribution in [0.15, 0.2) is 34.9 Å². The van der Waals surface area contributed by atoms with Crippen LogP contribution in [0.25, 0.3) is 0 Å². The summed E-state index contributed by atoms with van der Waals surface area (Å²) in [5.41, 5.74) is 3.28. The fraction of sp³-hybridized carbons (Fsp3) is 0.444. The first-order chi connectivity index (χ1) is 11.6. The summed E-state index contributed by atoms with van der Waals surface area (Å²) in [6, 6.07) is 8.62. The van der Waals surface area contributed by atoms with E-state index in [1.54, 1.807) is 10.9 Å². The Morgan fingerprint density at radius 3 is 2.67 bits per heavy atom. The molecule has 1 aliphatic rings. The van der Waals surface area contributed by atoms with Gasteiger partial charge in [-0.2, -0.15) is 5.10 Å². The van der Waals surface area contributed by atoms with Crippen molar-refractivity contribution in [3.63, 3.8) is 0 Å². The maximum absolute atomic E-state index is 12.8. The van der Waals surface area contributed by atoms with Crippen LogP contribution in [0.3, 0.4) is 0 Å². The second kappa shape index (κ2) is 7.49. The molecule has 0 aliphatic carbocycles. The summed E-state index contributed by atoms with van der Waals surface area (Å²) in [5, 5.41) is 4.24. The van der Waals surface area contributed by atoms with Gasteiger partial charge in [-0.25, -0.2) is 0 Å². The number of aromatic nitrogens is 2. The molecule has 0 atom stereocenters. The topological polar surface area (TPSA) is 41.4 Å². The van der Waals surface area contributed by atoms with Crippen molar-refractivity contribution in [1.29, 1.82) is 0 Å². The van der Waals surface area contributed by atoms with Crippen molar-refractivity contribution >= 4 is 21.8 Å². The minimum atomic E-state index is 0.0661. The molecule has 3 rings (SSSR count). The Balaban J connectivity index is 1.60. The second-order valence-corrected chi connectivity index (χ2v) is 7.07. The first kappa shape index (κ1) is 17.2. The Hall–Kier alpha value is -1.66. The molecule has 5 nitrogen and oxygen atoms in total. The zero-order valence-corrected chi connectivity index (χ0v) is 15.8. The minimum Gasteiger partial charge on any atom is -0.335 e. The number of carbonyl (C=O) groups excluding carboxylic acids is 1. The van der Waals surface area contributed by atoms with Crippen molar-refractivity contribution in [2.75, 3.05) is 26.2 Å². The van der Waals surface area contributed by atoms with E-state index in [9.17, 15) is 4.79 Å². The van der Waals surface area contributed by atoms with E-state index in [1.807, 2.05) is 11.8 Å². The lowest BCUT2D eigenvalue weighted by Crippen LogP contribution is -2.48. The van der Waals surface area contributed by atoms with Gasteiger partial charge in [0, 0.05) is 39.3 Å². The molecule has 0 radical (unpaired) electrons. The molecule has 128 valence electrons. The quantitative estimate of drug-likeness (QED) is 0.805. The molecule has 1 aromatic heterocycles. The summed E-state index contributed by atoms with van der Waals surface area (Å²) in [4.78, 5) is 17.1. The largest absolute Gasteiger partial charge is 0.335 e. The molecule has 2 aromatic rings. The number of halogens is 1. The molecule has 1 aromatic carbocycles. The molecular formula is C18H23BrN4O. The van der Waals surface area contributed by atoms with Crippen LogP contribution >= 0.6 is 15.9 Å². The van der Waals surface area contributed by atoms with Crippen molar-refractivity contribution < 1.29 is 4.79 Å². The summed E-state index contributed by atoms with van der Waals surface area (Å²) in [6.07, 6.45) is 1.70. The molecule has 0 spiro atoms. The molecule has 1 aliphatic heterocycles. The lowest BCUT2D eigenvalue weighted by atomic mass is 10.1. The number of aryl methyl sites for hydroxylation is 2. The highest BCUT2D eigenvalue weighted by Crippen LogP contribution is 2.19. The van der Waals surface area contributed by atoms with Crippen LogP contribution < -0.4 is 0 Å². The van der Waals surface area contributed by atoms with Gasteiger partial charge >= 0.3 is 0 Å². The first-order valence-corrected chi connectivity index (χ1v) is 9.16. The lowest BCUT2D eigenvalue weighted by molar-refractivity contribution is 0.0615. The minimum absolute atomic E-state index is 0.0661. The van der Waals surface area contributed by atoms with Crippen molar-refractivity contribution in [3.05, 3.63) is 51.8 Å². The maximum atomic E-state index is 12.8. The number of carbonyl (C=O) groups is 1. The van der Waals surface area contributed by atoms with Gasteiger partial charge in [-0.05, 0) is 35.3 Å². The molecule has 0 bridgehead atoms. The van der Waals surface area contributed by atoms with Gasteiger partial charge in [-0.15, -0.1) is 0 Å². The highest BCUT2D eigenvalue weighted by atomic mass is 79.9. The number of rotatable bonds is 4. The van der Waals surface area contributed by atoms with Gasteiger partial charge in [0.15, 0.2) is 0 Å². The molecule has 1 saturated heterocycles. The van der Waals surface area contributed by atoms with Gasteiger partial charge in [-0.3, -0.25) is 14.4 Å². The average molecular weight is 391 g/mol. The van der Waals surface area contributed by atoms with Gasteiger partial charge in [0.2, 0.25) is 0 Å². The van der Waals surface area contributed by atoms with Crippen LogP contribution in [0.4, 0.5) is 0 Å². The van der Waals surface area contributed by atoms with Gasteiger partial charge in [0.05, 0.1) is 10.7 Å². The number of nitrogens with zero attached hydrogens (tertiary/aromatic N) is 4. The van der Waals surface area contributed by atoms with Crippen molar-refractivity contribution in [1.82, 2.24) is 19.6 Å². The third kappa shape index (κ3) is 3.70. The number of benzene rings is 1. The van der Waals surface area contributed by atoms with Gasteiger partial charge < -0.3 is 4.90 Å². The van der Waals surface area contributed by atoms with E-state index in [4.69, 9.17) is 0 Å². The highest BCUT2D eigenvalue weighted by Gasteiger charge is 2.26.